The Hall–Kier alpha value is -2.07. The van der Waals surface area contributed by atoms with Gasteiger partial charge in [0.15, 0.2) is 5.78 Å². The molecule has 0 atom stereocenters. The Labute approximate surface area is 141 Å². The van der Waals surface area contributed by atoms with Crippen molar-refractivity contribution in [3.05, 3.63) is 59.7 Å². The number of Topliss-reactive ketones (excluding diaryl/α,β-unsaturated/α-hetero) is 1. The molecule has 0 aliphatic carbocycles. The fraction of sp³-hybridized carbons (Fsp3) is 0.263. The molecule has 2 aromatic rings. The van der Waals surface area contributed by atoms with Gasteiger partial charge in [-0.25, -0.2) is 0 Å². The van der Waals surface area contributed by atoms with Crippen molar-refractivity contribution in [2.24, 2.45) is 0 Å². The number of hydrogen-bond acceptors (Lipinski definition) is 3. The number of thioether (sulfide) groups is 1. The number of benzene rings is 2. The highest BCUT2D eigenvalue weighted by molar-refractivity contribution is 7.99. The van der Waals surface area contributed by atoms with Crippen LogP contribution in [0.25, 0.3) is 0 Å². The average molecular weight is 327 g/mol. The third-order valence-corrected chi connectivity index (χ3v) is 4.23. The van der Waals surface area contributed by atoms with E-state index in [9.17, 15) is 9.59 Å². The van der Waals surface area contributed by atoms with Gasteiger partial charge in [-0.15, -0.1) is 11.8 Å². The van der Waals surface area contributed by atoms with Crippen LogP contribution in [-0.2, 0) is 11.2 Å². The molecule has 120 valence electrons. The van der Waals surface area contributed by atoms with Gasteiger partial charge in [-0.1, -0.05) is 38.1 Å². The zero-order chi connectivity index (χ0) is 16.8. The minimum Gasteiger partial charge on any atom is -0.326 e. The Bertz CT molecular complexity index is 693. The predicted octanol–water partition coefficient (Wildman–Crippen LogP) is 4.57. The fourth-order valence-corrected chi connectivity index (χ4v) is 3.00. The van der Waals surface area contributed by atoms with Gasteiger partial charge in [0.2, 0.25) is 5.91 Å². The Morgan fingerprint density at radius 3 is 2.39 bits per heavy atom. The molecule has 2 rings (SSSR count). The molecule has 0 fully saturated rings. The molecule has 0 aromatic heterocycles. The molecular formula is C19H21NO2S. The van der Waals surface area contributed by atoms with Gasteiger partial charge in [0.1, 0.15) is 0 Å². The molecule has 23 heavy (non-hydrogen) atoms. The van der Waals surface area contributed by atoms with Gasteiger partial charge in [-0.3, -0.25) is 9.59 Å². The van der Waals surface area contributed by atoms with E-state index < -0.39 is 0 Å². The second-order valence-electron chi connectivity index (χ2n) is 5.67. The predicted molar refractivity (Wildman–Crippen MR) is 96.2 cm³/mol. The van der Waals surface area contributed by atoms with E-state index in [2.05, 4.69) is 19.2 Å². The van der Waals surface area contributed by atoms with E-state index in [-0.39, 0.29) is 11.7 Å². The number of amides is 1. The summed E-state index contributed by atoms with van der Waals surface area (Å²) in [6, 6.07) is 15.0. The molecule has 0 saturated heterocycles. The first-order valence-electron chi connectivity index (χ1n) is 7.60. The van der Waals surface area contributed by atoms with E-state index in [0.717, 1.165) is 5.56 Å². The fourth-order valence-electron chi connectivity index (χ4n) is 2.16. The summed E-state index contributed by atoms with van der Waals surface area (Å²) < 4.78 is 0. The zero-order valence-corrected chi connectivity index (χ0v) is 14.4. The molecule has 4 heteroatoms. The van der Waals surface area contributed by atoms with Crippen LogP contribution in [0.2, 0.25) is 0 Å². The van der Waals surface area contributed by atoms with Crippen LogP contribution in [-0.4, -0.2) is 16.9 Å². The van der Waals surface area contributed by atoms with Gasteiger partial charge in [0.25, 0.3) is 0 Å². The van der Waals surface area contributed by atoms with Gasteiger partial charge >= 0.3 is 0 Å². The Morgan fingerprint density at radius 2 is 1.78 bits per heavy atom. The normalized spacial score (nSPS) is 10.6. The lowest BCUT2D eigenvalue weighted by Gasteiger charge is -2.08. The van der Waals surface area contributed by atoms with E-state index >= 15 is 0 Å². The molecule has 0 aliphatic heterocycles. The smallest absolute Gasteiger partial charge is 0.228 e. The zero-order valence-electron chi connectivity index (χ0n) is 13.6. The number of carbonyl (C=O) groups is 2. The van der Waals surface area contributed by atoms with Crippen molar-refractivity contribution in [2.75, 3.05) is 5.32 Å². The molecule has 0 bridgehead atoms. The summed E-state index contributed by atoms with van der Waals surface area (Å²) in [4.78, 5) is 24.7. The minimum absolute atomic E-state index is 0.0145. The van der Waals surface area contributed by atoms with E-state index in [1.807, 2.05) is 24.3 Å². The molecule has 1 N–H and O–H groups in total. The molecule has 2 aromatic carbocycles. The topological polar surface area (TPSA) is 46.2 Å². The highest BCUT2D eigenvalue weighted by Gasteiger charge is 2.07. The maximum Gasteiger partial charge on any atom is 0.228 e. The number of hydrogen-bond donors (Lipinski definition) is 1. The average Bonchev–Trinajstić information content (AvgIpc) is 2.49. The standard InChI is InChI=1S/C19H21NO2S/c1-13(2)23-18-9-7-15(8-10-18)11-19(22)20-17-6-4-5-16(12-17)14(3)21/h4-10,12-13H,11H2,1-3H3,(H,20,22). The molecule has 0 saturated carbocycles. The lowest BCUT2D eigenvalue weighted by atomic mass is 10.1. The first kappa shape index (κ1) is 17.3. The van der Waals surface area contributed by atoms with Crippen LogP contribution in [0.3, 0.4) is 0 Å². The van der Waals surface area contributed by atoms with Crippen molar-refractivity contribution in [3.8, 4) is 0 Å². The molecule has 0 heterocycles. The first-order chi connectivity index (χ1) is 10.9. The van der Waals surface area contributed by atoms with Crippen LogP contribution < -0.4 is 5.32 Å². The number of carbonyl (C=O) groups excluding carboxylic acids is 2. The van der Waals surface area contributed by atoms with E-state index in [1.54, 1.807) is 36.0 Å². The maximum absolute atomic E-state index is 12.1. The third-order valence-electron chi connectivity index (χ3n) is 3.21. The Kier molecular flexibility index (Phi) is 5.99. The van der Waals surface area contributed by atoms with Gasteiger partial charge < -0.3 is 5.32 Å². The molecule has 0 aliphatic rings. The highest BCUT2D eigenvalue weighted by Crippen LogP contribution is 2.23. The number of ketones is 1. The summed E-state index contributed by atoms with van der Waals surface area (Å²) in [6.07, 6.45) is 0.316. The lowest BCUT2D eigenvalue weighted by Crippen LogP contribution is -2.14. The minimum atomic E-state index is -0.0880. The quantitative estimate of drug-likeness (QED) is 0.624. The van der Waals surface area contributed by atoms with Gasteiger partial charge in [-0.2, -0.15) is 0 Å². The largest absolute Gasteiger partial charge is 0.326 e. The van der Waals surface area contributed by atoms with Crippen molar-refractivity contribution in [1.29, 1.82) is 0 Å². The second-order valence-corrected chi connectivity index (χ2v) is 7.32. The summed E-state index contributed by atoms with van der Waals surface area (Å²) in [7, 11) is 0. The van der Waals surface area contributed by atoms with Crippen molar-refractivity contribution in [1.82, 2.24) is 0 Å². The molecule has 0 radical (unpaired) electrons. The molecule has 0 unspecified atom stereocenters. The van der Waals surface area contributed by atoms with Crippen molar-refractivity contribution < 1.29 is 9.59 Å². The number of rotatable bonds is 6. The summed E-state index contributed by atoms with van der Waals surface area (Å²) in [5.74, 6) is -0.102. The van der Waals surface area contributed by atoms with Crippen molar-refractivity contribution in [2.45, 2.75) is 37.3 Å². The van der Waals surface area contributed by atoms with E-state index in [1.165, 1.54) is 11.8 Å². The van der Waals surface area contributed by atoms with Crippen molar-refractivity contribution in [3.63, 3.8) is 0 Å². The first-order valence-corrected chi connectivity index (χ1v) is 8.48. The summed E-state index contributed by atoms with van der Waals surface area (Å²) in [6.45, 7) is 5.82. The summed E-state index contributed by atoms with van der Waals surface area (Å²) in [5, 5.41) is 3.38. The molecule has 0 spiro atoms. The molecular weight excluding hydrogens is 306 g/mol. The van der Waals surface area contributed by atoms with Crippen LogP contribution in [0.5, 0.6) is 0 Å². The molecule has 1 amide bonds. The highest BCUT2D eigenvalue weighted by atomic mass is 32.2. The van der Waals surface area contributed by atoms with Gasteiger partial charge in [0.05, 0.1) is 6.42 Å². The van der Waals surface area contributed by atoms with Gasteiger partial charge in [0, 0.05) is 21.4 Å². The van der Waals surface area contributed by atoms with Gasteiger partial charge in [-0.05, 0) is 36.8 Å². The number of anilines is 1. The Morgan fingerprint density at radius 1 is 1.09 bits per heavy atom. The summed E-state index contributed by atoms with van der Waals surface area (Å²) >= 11 is 1.80. The van der Waals surface area contributed by atoms with E-state index in [0.29, 0.717) is 22.9 Å². The number of nitrogens with one attached hydrogen (secondary N) is 1. The van der Waals surface area contributed by atoms with Crippen LogP contribution in [0, 0.1) is 0 Å². The van der Waals surface area contributed by atoms with E-state index in [4.69, 9.17) is 0 Å². The lowest BCUT2D eigenvalue weighted by molar-refractivity contribution is -0.115. The second kappa shape index (κ2) is 7.97. The van der Waals surface area contributed by atoms with Crippen molar-refractivity contribution >= 4 is 29.1 Å². The van der Waals surface area contributed by atoms with Crippen LogP contribution in [0.1, 0.15) is 36.7 Å². The molecule has 3 nitrogen and oxygen atoms in total. The maximum atomic E-state index is 12.1. The monoisotopic (exact) mass is 327 g/mol. The third kappa shape index (κ3) is 5.57. The summed E-state index contributed by atoms with van der Waals surface area (Å²) in [5.41, 5.74) is 2.21. The SMILES string of the molecule is CC(=O)c1cccc(NC(=O)Cc2ccc(SC(C)C)cc2)c1. The van der Waals surface area contributed by atoms with Crippen LogP contribution >= 0.6 is 11.8 Å². The Balaban J connectivity index is 1.96. The van der Waals surface area contributed by atoms with Crippen LogP contribution in [0.15, 0.2) is 53.4 Å². The van der Waals surface area contributed by atoms with Crippen LogP contribution in [0.4, 0.5) is 5.69 Å².